The second-order valence-electron chi connectivity index (χ2n) is 7.30. The second-order valence-corrected chi connectivity index (χ2v) is 7.30. The van der Waals surface area contributed by atoms with E-state index in [0.717, 1.165) is 12.8 Å². The van der Waals surface area contributed by atoms with Crippen LogP contribution in [0.25, 0.3) is 21.5 Å². The monoisotopic (exact) mass is 338 g/mol. The molecule has 1 aliphatic rings. The number of aromatic nitrogens is 1. The Morgan fingerprint density at radius 1 is 0.846 bits per heavy atom. The van der Waals surface area contributed by atoms with Crippen LogP contribution < -0.4 is 4.90 Å². The average molecular weight is 338 g/mol. The second kappa shape index (κ2) is 6.14. The minimum absolute atomic E-state index is 0.544. The third-order valence-corrected chi connectivity index (χ3v) is 5.94. The fraction of sp³-hybridized carbons (Fsp3) is 0.208. The zero-order valence-corrected chi connectivity index (χ0v) is 15.0. The van der Waals surface area contributed by atoms with E-state index < -0.39 is 0 Å². The highest BCUT2D eigenvalue weighted by molar-refractivity contribution is 6.08. The zero-order chi connectivity index (χ0) is 17.5. The molecule has 1 aliphatic carbocycles. The maximum absolute atomic E-state index is 4.14. The molecule has 0 N–H and O–H groups in total. The highest BCUT2D eigenvalue weighted by Gasteiger charge is 2.23. The van der Waals surface area contributed by atoms with Crippen LogP contribution in [0.5, 0.6) is 0 Å². The molecular formula is C24H22N2. The van der Waals surface area contributed by atoms with Crippen LogP contribution in [-0.2, 0) is 12.8 Å². The van der Waals surface area contributed by atoms with E-state index in [9.17, 15) is 0 Å². The average Bonchev–Trinajstić information content (AvgIpc) is 2.73. The molecule has 2 heteroatoms. The van der Waals surface area contributed by atoms with Gasteiger partial charge in [-0.3, -0.25) is 4.98 Å². The zero-order valence-electron chi connectivity index (χ0n) is 15.0. The molecule has 3 aromatic carbocycles. The normalized spacial score (nSPS) is 16.6. The van der Waals surface area contributed by atoms with Gasteiger partial charge in [0.15, 0.2) is 0 Å². The van der Waals surface area contributed by atoms with Gasteiger partial charge in [0.1, 0.15) is 0 Å². The summed E-state index contributed by atoms with van der Waals surface area (Å²) in [7, 11) is 2.21. The largest absolute Gasteiger partial charge is 0.371 e. The molecule has 2 nitrogen and oxygen atoms in total. The fourth-order valence-corrected chi connectivity index (χ4v) is 4.47. The third-order valence-electron chi connectivity index (χ3n) is 5.94. The summed E-state index contributed by atoms with van der Waals surface area (Å²) in [5, 5.41) is 5.52. The number of rotatable bonds is 2. The topological polar surface area (TPSA) is 16.1 Å². The molecule has 0 fully saturated rings. The van der Waals surface area contributed by atoms with Crippen molar-refractivity contribution in [3.8, 4) is 0 Å². The molecule has 4 aromatic rings. The van der Waals surface area contributed by atoms with Gasteiger partial charge < -0.3 is 4.90 Å². The Bertz CT molecular complexity index is 1090. The van der Waals surface area contributed by atoms with Gasteiger partial charge in [0.05, 0.1) is 0 Å². The summed E-state index contributed by atoms with van der Waals surface area (Å²) in [6.07, 6.45) is 7.20. The van der Waals surface area contributed by atoms with Crippen molar-refractivity contribution in [2.24, 2.45) is 0 Å². The molecule has 0 aliphatic heterocycles. The van der Waals surface area contributed by atoms with Gasteiger partial charge in [0.2, 0.25) is 0 Å². The van der Waals surface area contributed by atoms with Crippen molar-refractivity contribution in [2.75, 3.05) is 11.9 Å². The fourth-order valence-electron chi connectivity index (χ4n) is 4.47. The van der Waals surface area contributed by atoms with Crippen LogP contribution in [0.1, 0.15) is 17.5 Å². The molecule has 1 heterocycles. The minimum atomic E-state index is 0.544. The molecule has 26 heavy (non-hydrogen) atoms. The summed E-state index contributed by atoms with van der Waals surface area (Å²) in [4.78, 5) is 6.55. The highest BCUT2D eigenvalue weighted by atomic mass is 15.1. The number of nitrogens with zero attached hydrogens (tertiary/aromatic N) is 2. The van der Waals surface area contributed by atoms with Crippen LogP contribution in [0, 0.1) is 0 Å². The minimum Gasteiger partial charge on any atom is -0.371 e. The lowest BCUT2D eigenvalue weighted by molar-refractivity contribution is 0.550. The van der Waals surface area contributed by atoms with E-state index in [1.807, 2.05) is 12.4 Å². The first kappa shape index (κ1) is 15.4. The number of hydrogen-bond acceptors (Lipinski definition) is 2. The van der Waals surface area contributed by atoms with E-state index in [1.54, 1.807) is 5.56 Å². The van der Waals surface area contributed by atoms with Crippen molar-refractivity contribution in [3.05, 3.63) is 84.2 Å². The van der Waals surface area contributed by atoms with E-state index in [1.165, 1.54) is 39.2 Å². The maximum Gasteiger partial charge on any atom is 0.0397 e. The predicted molar refractivity (Wildman–Crippen MR) is 110 cm³/mol. The van der Waals surface area contributed by atoms with E-state index >= 15 is 0 Å². The molecule has 0 radical (unpaired) electrons. The Hall–Kier alpha value is -2.87. The van der Waals surface area contributed by atoms with Crippen LogP contribution in [0.15, 0.2) is 73.1 Å². The Labute approximate surface area is 154 Å². The third kappa shape index (κ3) is 2.45. The molecule has 1 atom stereocenters. The van der Waals surface area contributed by atoms with Crippen LogP contribution in [0.2, 0.25) is 0 Å². The molecule has 128 valence electrons. The van der Waals surface area contributed by atoms with Gasteiger partial charge >= 0.3 is 0 Å². The van der Waals surface area contributed by atoms with Crippen molar-refractivity contribution < 1.29 is 0 Å². The maximum atomic E-state index is 4.14. The molecule has 0 saturated carbocycles. The smallest absolute Gasteiger partial charge is 0.0397 e. The Morgan fingerprint density at radius 2 is 1.65 bits per heavy atom. The molecule has 0 spiro atoms. The van der Waals surface area contributed by atoms with Gasteiger partial charge in [-0.25, -0.2) is 0 Å². The van der Waals surface area contributed by atoms with Crippen molar-refractivity contribution in [1.82, 2.24) is 4.98 Å². The molecular weight excluding hydrogens is 316 g/mol. The summed E-state index contributed by atoms with van der Waals surface area (Å²) >= 11 is 0. The van der Waals surface area contributed by atoms with E-state index in [-0.39, 0.29) is 0 Å². The SMILES string of the molecule is CN(c1ccncc1)C1CCc2c(ccc3c2ccc2ccccc23)C1. The summed E-state index contributed by atoms with van der Waals surface area (Å²) in [5.41, 5.74) is 4.30. The number of hydrogen-bond donors (Lipinski definition) is 0. The van der Waals surface area contributed by atoms with Crippen molar-refractivity contribution in [1.29, 1.82) is 0 Å². The summed E-state index contributed by atoms with van der Waals surface area (Å²) in [5.74, 6) is 0. The number of fused-ring (bicyclic) bond motifs is 5. The van der Waals surface area contributed by atoms with Crippen molar-refractivity contribution in [3.63, 3.8) is 0 Å². The van der Waals surface area contributed by atoms with Crippen LogP contribution >= 0.6 is 0 Å². The highest BCUT2D eigenvalue weighted by Crippen LogP contribution is 2.34. The lowest BCUT2D eigenvalue weighted by Crippen LogP contribution is -2.36. The standard InChI is InChI=1S/C24H22N2/c1-26(19-12-14-25-15-13-19)20-8-11-22-18(16-20)7-10-23-21-5-3-2-4-17(21)6-9-24(22)23/h2-7,9-10,12-15,20H,8,11,16H2,1H3. The lowest BCUT2D eigenvalue weighted by atomic mass is 9.83. The molecule has 5 rings (SSSR count). The number of anilines is 1. The lowest BCUT2D eigenvalue weighted by Gasteiger charge is -2.34. The van der Waals surface area contributed by atoms with Gasteiger partial charge in [0, 0.05) is 31.2 Å². The van der Waals surface area contributed by atoms with Crippen molar-refractivity contribution in [2.45, 2.75) is 25.3 Å². The van der Waals surface area contributed by atoms with Gasteiger partial charge in [-0.05, 0) is 64.1 Å². The van der Waals surface area contributed by atoms with E-state index in [4.69, 9.17) is 0 Å². The van der Waals surface area contributed by atoms with Crippen molar-refractivity contribution >= 4 is 27.2 Å². The van der Waals surface area contributed by atoms with Gasteiger partial charge in [0.25, 0.3) is 0 Å². The number of pyridine rings is 1. The summed E-state index contributed by atoms with van der Waals surface area (Å²) in [6.45, 7) is 0. The van der Waals surface area contributed by atoms with Crippen LogP contribution in [0.4, 0.5) is 5.69 Å². The van der Waals surface area contributed by atoms with Crippen LogP contribution in [0.3, 0.4) is 0 Å². The first-order valence-corrected chi connectivity index (χ1v) is 9.36. The predicted octanol–water partition coefficient (Wildman–Crippen LogP) is 5.38. The quantitative estimate of drug-likeness (QED) is 0.456. The first-order chi connectivity index (χ1) is 12.8. The van der Waals surface area contributed by atoms with Gasteiger partial charge in [-0.1, -0.05) is 48.5 Å². The number of likely N-dealkylation sites (N-methyl/N-ethyl adjacent to an activating group) is 1. The van der Waals surface area contributed by atoms with E-state index in [2.05, 4.69) is 77.6 Å². The Morgan fingerprint density at radius 3 is 2.54 bits per heavy atom. The molecule has 0 amide bonds. The first-order valence-electron chi connectivity index (χ1n) is 9.36. The number of aryl methyl sites for hydroxylation is 1. The Balaban J connectivity index is 1.55. The van der Waals surface area contributed by atoms with Gasteiger partial charge in [-0.15, -0.1) is 0 Å². The van der Waals surface area contributed by atoms with Gasteiger partial charge in [-0.2, -0.15) is 0 Å². The molecule has 0 bridgehead atoms. The van der Waals surface area contributed by atoms with Crippen LogP contribution in [-0.4, -0.2) is 18.1 Å². The molecule has 1 aromatic heterocycles. The summed E-state index contributed by atoms with van der Waals surface area (Å²) < 4.78 is 0. The summed E-state index contributed by atoms with van der Waals surface area (Å²) in [6, 6.07) is 22.7. The van der Waals surface area contributed by atoms with E-state index in [0.29, 0.717) is 6.04 Å². The Kier molecular flexibility index (Phi) is 3.63. The number of benzene rings is 3. The molecule has 1 unspecified atom stereocenters. The molecule has 0 saturated heterocycles.